The third-order valence-electron chi connectivity index (χ3n) is 2.92. The fraction of sp³-hybridized carbons (Fsp3) is 1.00. The Bertz CT molecular complexity index is 233. The molecule has 116 valence electrons. The Morgan fingerprint density at radius 3 is 1.26 bits per heavy atom. The minimum atomic E-state index is -2.11. The molecule has 0 aliphatic carbocycles. The van der Waals surface area contributed by atoms with Crippen molar-refractivity contribution in [3.05, 3.63) is 0 Å². The zero-order valence-electron chi connectivity index (χ0n) is 13.5. The van der Waals surface area contributed by atoms with Crippen molar-refractivity contribution >= 4 is 25.2 Å². The van der Waals surface area contributed by atoms with Crippen molar-refractivity contribution in [1.29, 1.82) is 0 Å². The first-order valence-electron chi connectivity index (χ1n) is 7.16. The van der Waals surface area contributed by atoms with Crippen molar-refractivity contribution in [1.82, 2.24) is 0 Å². The van der Waals surface area contributed by atoms with Gasteiger partial charge in [-0.2, -0.15) is 0 Å². The zero-order chi connectivity index (χ0) is 15.2. The van der Waals surface area contributed by atoms with Gasteiger partial charge in [-0.05, 0) is 64.2 Å². The molecular weight excluding hydrogens is 292 g/mol. The summed E-state index contributed by atoms with van der Waals surface area (Å²) in [5, 5.41) is 17.9. The molecule has 0 saturated heterocycles. The van der Waals surface area contributed by atoms with E-state index in [1.807, 2.05) is 0 Å². The lowest BCUT2D eigenvalue weighted by Gasteiger charge is -2.38. The summed E-state index contributed by atoms with van der Waals surface area (Å²) in [6.07, 6.45) is 1.63. The minimum absolute atomic E-state index is 0.235. The molecule has 0 aromatic heterocycles. The molecule has 0 radical (unpaired) electrons. The van der Waals surface area contributed by atoms with Crippen molar-refractivity contribution in [2.45, 2.75) is 64.2 Å². The van der Waals surface area contributed by atoms with Crippen molar-refractivity contribution in [3.63, 3.8) is 0 Å². The van der Waals surface area contributed by atoms with Crippen LogP contribution in [0, 0.1) is 0 Å². The number of aliphatic hydroxyl groups is 2. The Morgan fingerprint density at radius 1 is 0.684 bits per heavy atom. The van der Waals surface area contributed by atoms with Gasteiger partial charge in [0.2, 0.25) is 0 Å². The smallest absolute Gasteiger partial charge is 0.311 e. The molecule has 0 atom stereocenters. The van der Waals surface area contributed by atoms with E-state index in [1.165, 1.54) is 0 Å². The van der Waals surface area contributed by atoms with Crippen molar-refractivity contribution < 1.29 is 18.4 Å². The molecule has 7 heteroatoms. The van der Waals surface area contributed by atoms with Crippen molar-refractivity contribution in [3.8, 4) is 0 Å². The topological polar surface area (TPSA) is 58.9 Å². The van der Waals surface area contributed by atoms with E-state index >= 15 is 0 Å². The number of rotatable bonds is 10. The monoisotopic (exact) mass is 324 g/mol. The maximum absolute atomic E-state index is 8.94. The standard InChI is InChI=1S/C12H32O4Si3/c1-17(2,11-7-9-13)15-19(5,6)16-18(3,4)12-8-10-14/h13-14H,7-12H2,1-6H3. The summed E-state index contributed by atoms with van der Waals surface area (Å²) in [4.78, 5) is 0. The quantitative estimate of drug-likeness (QED) is 0.607. The normalized spacial score (nSPS) is 13.9. The molecule has 0 heterocycles. The van der Waals surface area contributed by atoms with E-state index in [0.717, 1.165) is 24.9 Å². The Balaban J connectivity index is 4.44. The lowest BCUT2D eigenvalue weighted by atomic mass is 10.5. The van der Waals surface area contributed by atoms with Crippen LogP contribution in [0.25, 0.3) is 0 Å². The molecule has 0 saturated carbocycles. The van der Waals surface area contributed by atoms with Gasteiger partial charge < -0.3 is 18.4 Å². The van der Waals surface area contributed by atoms with Crippen LogP contribution in [0.1, 0.15) is 12.8 Å². The van der Waals surface area contributed by atoms with Crippen LogP contribution in [0.3, 0.4) is 0 Å². The van der Waals surface area contributed by atoms with E-state index in [0.29, 0.717) is 0 Å². The Morgan fingerprint density at radius 2 is 1.00 bits per heavy atom. The largest absolute Gasteiger partial charge is 0.437 e. The highest BCUT2D eigenvalue weighted by Crippen LogP contribution is 2.25. The van der Waals surface area contributed by atoms with Gasteiger partial charge in [0, 0.05) is 13.2 Å². The molecule has 4 nitrogen and oxygen atoms in total. The minimum Gasteiger partial charge on any atom is -0.437 e. The highest BCUT2D eigenvalue weighted by atomic mass is 28.5. The van der Waals surface area contributed by atoms with Crippen LogP contribution in [0.5, 0.6) is 0 Å². The molecule has 0 bridgehead atoms. The molecule has 0 rings (SSSR count). The van der Waals surface area contributed by atoms with E-state index < -0.39 is 25.2 Å². The number of aliphatic hydroxyl groups excluding tert-OH is 2. The van der Waals surface area contributed by atoms with E-state index in [4.69, 9.17) is 18.4 Å². The summed E-state index contributed by atoms with van der Waals surface area (Å²) < 4.78 is 12.7. The highest BCUT2D eigenvalue weighted by Gasteiger charge is 2.39. The van der Waals surface area contributed by atoms with Crippen molar-refractivity contribution in [2.24, 2.45) is 0 Å². The van der Waals surface area contributed by atoms with Gasteiger partial charge in [-0.1, -0.05) is 0 Å². The van der Waals surface area contributed by atoms with Gasteiger partial charge in [0.15, 0.2) is 16.6 Å². The molecule has 0 unspecified atom stereocenters. The van der Waals surface area contributed by atoms with Crippen LogP contribution in [-0.4, -0.2) is 48.6 Å². The maximum atomic E-state index is 8.94. The maximum Gasteiger partial charge on any atom is 0.311 e. The lowest BCUT2D eigenvalue weighted by Crippen LogP contribution is -2.52. The second-order valence-corrected chi connectivity index (χ2v) is 19.2. The summed E-state index contributed by atoms with van der Waals surface area (Å²) in [6, 6.07) is 1.95. The molecular formula is C12H32O4Si3. The summed E-state index contributed by atoms with van der Waals surface area (Å²) in [5.74, 6) is 0. The first-order valence-corrected chi connectivity index (χ1v) is 16.2. The molecule has 0 aliphatic heterocycles. The fourth-order valence-corrected chi connectivity index (χ4v) is 16.5. The first kappa shape index (κ1) is 19.5. The Labute approximate surface area is 121 Å². The molecule has 0 aromatic rings. The van der Waals surface area contributed by atoms with Crippen LogP contribution in [0.15, 0.2) is 0 Å². The Hall–Kier alpha value is 0.491. The second kappa shape index (κ2) is 8.06. The molecule has 0 amide bonds. The van der Waals surface area contributed by atoms with Crippen LogP contribution in [0.2, 0.25) is 51.4 Å². The van der Waals surface area contributed by atoms with E-state index in [1.54, 1.807) is 0 Å². The third kappa shape index (κ3) is 9.94. The summed E-state index contributed by atoms with van der Waals surface area (Å²) in [6.45, 7) is 13.5. The molecule has 2 N–H and O–H groups in total. The average molecular weight is 325 g/mol. The van der Waals surface area contributed by atoms with Gasteiger partial charge in [-0.25, -0.2) is 0 Å². The summed E-state index contributed by atoms with van der Waals surface area (Å²) in [7, 11) is -5.60. The van der Waals surface area contributed by atoms with Crippen molar-refractivity contribution in [2.75, 3.05) is 13.2 Å². The molecule has 0 aromatic carbocycles. The second-order valence-electron chi connectivity index (χ2n) is 6.78. The SMILES string of the molecule is C[Si](C)(CCCO)O[Si](C)(C)O[Si](C)(C)CCCO. The van der Waals surface area contributed by atoms with E-state index in [9.17, 15) is 0 Å². The van der Waals surface area contributed by atoms with Gasteiger partial charge in [0.05, 0.1) is 0 Å². The highest BCUT2D eigenvalue weighted by molar-refractivity contribution is 6.87. The van der Waals surface area contributed by atoms with Gasteiger partial charge >= 0.3 is 8.56 Å². The Kier molecular flexibility index (Phi) is 8.27. The molecule has 0 aliphatic rings. The zero-order valence-corrected chi connectivity index (χ0v) is 16.5. The predicted octanol–water partition coefficient (Wildman–Crippen LogP) is 2.90. The van der Waals surface area contributed by atoms with Gasteiger partial charge in [-0.15, -0.1) is 0 Å². The lowest BCUT2D eigenvalue weighted by molar-refractivity contribution is 0.289. The van der Waals surface area contributed by atoms with Gasteiger partial charge in [0.25, 0.3) is 0 Å². The third-order valence-corrected chi connectivity index (χ3v) is 14.4. The van der Waals surface area contributed by atoms with Gasteiger partial charge in [0.1, 0.15) is 0 Å². The fourth-order valence-electron chi connectivity index (χ4n) is 2.46. The first-order chi connectivity index (χ1) is 8.54. The predicted molar refractivity (Wildman–Crippen MR) is 87.6 cm³/mol. The van der Waals surface area contributed by atoms with Crippen LogP contribution in [-0.2, 0) is 8.23 Å². The average Bonchev–Trinajstić information content (AvgIpc) is 2.20. The van der Waals surface area contributed by atoms with Crippen LogP contribution >= 0.6 is 0 Å². The van der Waals surface area contributed by atoms with E-state index in [2.05, 4.69) is 39.3 Å². The van der Waals surface area contributed by atoms with E-state index in [-0.39, 0.29) is 13.2 Å². The molecule has 0 fully saturated rings. The molecule has 19 heavy (non-hydrogen) atoms. The van der Waals surface area contributed by atoms with Crippen LogP contribution in [0.4, 0.5) is 0 Å². The van der Waals surface area contributed by atoms with Crippen LogP contribution < -0.4 is 0 Å². The molecule has 0 spiro atoms. The number of hydrogen-bond acceptors (Lipinski definition) is 4. The van der Waals surface area contributed by atoms with Gasteiger partial charge in [-0.3, -0.25) is 0 Å². The number of hydrogen-bond donors (Lipinski definition) is 2. The summed E-state index contributed by atoms with van der Waals surface area (Å²) >= 11 is 0. The summed E-state index contributed by atoms with van der Waals surface area (Å²) in [5.41, 5.74) is 0.